The largest absolute Gasteiger partial charge is 0.272 e. The number of halogens is 1. The molecule has 13 heavy (non-hydrogen) atoms. The predicted octanol–water partition coefficient (Wildman–Crippen LogP) is 1.87. The standard InChI is InChI=1S/C10H12FNO/c1-8(10(13)12-11)7-9-5-3-2-4-6-9/h2-6,8H,7H2,1H3,(H,12,13)/t8-/m0/s1. The maximum absolute atomic E-state index is 11.7. The fourth-order valence-corrected chi connectivity index (χ4v) is 1.15. The number of hydrogen-bond donors (Lipinski definition) is 1. The molecule has 0 aliphatic rings. The van der Waals surface area contributed by atoms with Crippen LogP contribution >= 0.6 is 0 Å². The summed E-state index contributed by atoms with van der Waals surface area (Å²) in [5.41, 5.74) is 2.19. The molecule has 0 saturated carbocycles. The summed E-state index contributed by atoms with van der Waals surface area (Å²) in [7, 11) is 0. The van der Waals surface area contributed by atoms with E-state index in [0.29, 0.717) is 6.42 Å². The number of nitrogens with one attached hydrogen (secondary N) is 1. The number of benzene rings is 1. The average molecular weight is 181 g/mol. The average Bonchev–Trinajstić information content (AvgIpc) is 2.18. The first-order valence-electron chi connectivity index (χ1n) is 4.18. The van der Waals surface area contributed by atoms with Crippen LogP contribution in [0, 0.1) is 5.92 Å². The van der Waals surface area contributed by atoms with E-state index >= 15 is 0 Å². The van der Waals surface area contributed by atoms with Crippen molar-refractivity contribution in [3.8, 4) is 0 Å². The molecule has 0 aromatic heterocycles. The van der Waals surface area contributed by atoms with Crippen molar-refractivity contribution in [1.82, 2.24) is 5.54 Å². The first-order chi connectivity index (χ1) is 6.24. The van der Waals surface area contributed by atoms with Crippen LogP contribution in [0.3, 0.4) is 0 Å². The Kier molecular flexibility index (Phi) is 3.43. The third-order valence-electron chi connectivity index (χ3n) is 1.93. The Bertz CT molecular complexity index is 274. The Morgan fingerprint density at radius 1 is 1.46 bits per heavy atom. The fraction of sp³-hybridized carbons (Fsp3) is 0.300. The Morgan fingerprint density at radius 3 is 2.62 bits per heavy atom. The summed E-state index contributed by atoms with van der Waals surface area (Å²) in [5, 5.41) is 0. The van der Waals surface area contributed by atoms with Gasteiger partial charge in [-0.1, -0.05) is 37.3 Å². The van der Waals surface area contributed by atoms with Crippen LogP contribution in [0.15, 0.2) is 30.3 Å². The van der Waals surface area contributed by atoms with Gasteiger partial charge in [-0.15, -0.1) is 4.48 Å². The van der Waals surface area contributed by atoms with Crippen LogP contribution < -0.4 is 5.54 Å². The minimum Gasteiger partial charge on any atom is -0.272 e. The molecule has 0 aliphatic heterocycles. The van der Waals surface area contributed by atoms with Gasteiger partial charge in [-0.05, 0) is 12.0 Å². The molecule has 1 aromatic carbocycles. The van der Waals surface area contributed by atoms with E-state index in [4.69, 9.17) is 0 Å². The summed E-state index contributed by atoms with van der Waals surface area (Å²) >= 11 is 0. The van der Waals surface area contributed by atoms with E-state index in [-0.39, 0.29) is 5.92 Å². The highest BCUT2D eigenvalue weighted by atomic mass is 19.2. The smallest absolute Gasteiger partial charge is 0.250 e. The van der Waals surface area contributed by atoms with Crippen molar-refractivity contribution in [1.29, 1.82) is 0 Å². The zero-order valence-corrected chi connectivity index (χ0v) is 7.46. The van der Waals surface area contributed by atoms with E-state index in [9.17, 15) is 9.28 Å². The lowest BCUT2D eigenvalue weighted by molar-refractivity contribution is -0.128. The number of rotatable bonds is 3. The van der Waals surface area contributed by atoms with Crippen molar-refractivity contribution in [2.24, 2.45) is 5.92 Å². The second kappa shape index (κ2) is 4.60. The maximum atomic E-state index is 11.7. The lowest BCUT2D eigenvalue weighted by atomic mass is 10.0. The molecule has 0 heterocycles. The van der Waals surface area contributed by atoms with E-state index in [1.807, 2.05) is 30.3 Å². The van der Waals surface area contributed by atoms with E-state index in [0.717, 1.165) is 11.1 Å². The lowest BCUT2D eigenvalue weighted by Crippen LogP contribution is -2.23. The quantitative estimate of drug-likeness (QED) is 0.708. The minimum absolute atomic E-state index is 0.326. The second-order valence-electron chi connectivity index (χ2n) is 3.05. The number of hydrogen-bond acceptors (Lipinski definition) is 1. The van der Waals surface area contributed by atoms with Crippen molar-refractivity contribution in [3.05, 3.63) is 35.9 Å². The van der Waals surface area contributed by atoms with Crippen molar-refractivity contribution in [2.45, 2.75) is 13.3 Å². The summed E-state index contributed by atoms with van der Waals surface area (Å²) in [4.78, 5) is 10.8. The van der Waals surface area contributed by atoms with Gasteiger partial charge in [-0.25, -0.2) is 0 Å². The molecule has 1 rings (SSSR count). The molecular weight excluding hydrogens is 169 g/mol. The van der Waals surface area contributed by atoms with Crippen molar-refractivity contribution >= 4 is 5.91 Å². The SMILES string of the molecule is C[C@@H](Cc1ccccc1)C(=O)NF. The molecule has 0 fully saturated rings. The van der Waals surface area contributed by atoms with Crippen molar-refractivity contribution < 1.29 is 9.28 Å². The zero-order valence-electron chi connectivity index (χ0n) is 7.46. The maximum Gasteiger partial charge on any atom is 0.250 e. The van der Waals surface area contributed by atoms with Gasteiger partial charge >= 0.3 is 0 Å². The molecule has 1 aromatic rings. The molecule has 70 valence electrons. The number of amides is 1. The van der Waals surface area contributed by atoms with Gasteiger partial charge in [0.1, 0.15) is 0 Å². The van der Waals surface area contributed by atoms with Gasteiger partial charge in [0.15, 0.2) is 0 Å². The molecule has 0 radical (unpaired) electrons. The summed E-state index contributed by atoms with van der Waals surface area (Å²) in [5.74, 6) is -0.892. The van der Waals surface area contributed by atoms with Crippen LogP contribution in [-0.4, -0.2) is 5.91 Å². The predicted molar refractivity (Wildman–Crippen MR) is 48.6 cm³/mol. The van der Waals surface area contributed by atoms with Crippen molar-refractivity contribution in [3.63, 3.8) is 0 Å². The van der Waals surface area contributed by atoms with Gasteiger partial charge in [-0.3, -0.25) is 4.79 Å². The third-order valence-corrected chi connectivity index (χ3v) is 1.93. The molecular formula is C10H12FNO. The van der Waals surface area contributed by atoms with Crippen molar-refractivity contribution in [2.75, 3.05) is 0 Å². The van der Waals surface area contributed by atoms with E-state index < -0.39 is 5.91 Å². The normalized spacial score (nSPS) is 12.2. The van der Waals surface area contributed by atoms with Crippen LogP contribution in [-0.2, 0) is 11.2 Å². The van der Waals surface area contributed by atoms with Gasteiger partial charge in [-0.2, -0.15) is 5.54 Å². The number of carbonyl (C=O) groups excluding carboxylic acids is 1. The van der Waals surface area contributed by atoms with E-state index in [2.05, 4.69) is 0 Å². The second-order valence-corrected chi connectivity index (χ2v) is 3.05. The van der Waals surface area contributed by atoms with Gasteiger partial charge in [0.25, 0.3) is 5.91 Å². The molecule has 1 atom stereocenters. The molecule has 0 aliphatic carbocycles. The molecule has 3 heteroatoms. The van der Waals surface area contributed by atoms with Gasteiger partial charge < -0.3 is 0 Å². The van der Waals surface area contributed by atoms with Crippen LogP contribution in [0.25, 0.3) is 0 Å². The van der Waals surface area contributed by atoms with Gasteiger partial charge in [0.05, 0.1) is 0 Å². The monoisotopic (exact) mass is 181 g/mol. The Hall–Kier alpha value is -1.38. The Balaban J connectivity index is 2.55. The van der Waals surface area contributed by atoms with E-state index in [1.165, 1.54) is 0 Å². The Labute approximate surface area is 76.7 Å². The zero-order chi connectivity index (χ0) is 9.68. The molecule has 0 unspecified atom stereocenters. The fourth-order valence-electron chi connectivity index (χ4n) is 1.15. The van der Waals surface area contributed by atoms with Gasteiger partial charge in [0, 0.05) is 5.92 Å². The third kappa shape index (κ3) is 2.86. The van der Waals surface area contributed by atoms with E-state index in [1.54, 1.807) is 6.92 Å². The topological polar surface area (TPSA) is 29.1 Å². The molecule has 0 saturated heterocycles. The minimum atomic E-state index is -0.566. The summed E-state index contributed by atoms with van der Waals surface area (Å²) in [6, 6.07) is 9.54. The molecule has 1 amide bonds. The highest BCUT2D eigenvalue weighted by Gasteiger charge is 2.12. The highest BCUT2D eigenvalue weighted by Crippen LogP contribution is 2.07. The Morgan fingerprint density at radius 2 is 2.08 bits per heavy atom. The first-order valence-corrected chi connectivity index (χ1v) is 4.18. The highest BCUT2D eigenvalue weighted by molar-refractivity contribution is 5.77. The molecule has 0 bridgehead atoms. The number of carbonyl (C=O) groups is 1. The van der Waals surface area contributed by atoms with Gasteiger partial charge in [0.2, 0.25) is 0 Å². The molecule has 0 spiro atoms. The first kappa shape index (κ1) is 9.71. The van der Waals surface area contributed by atoms with Crippen LogP contribution in [0.5, 0.6) is 0 Å². The summed E-state index contributed by atoms with van der Waals surface area (Å²) in [6.07, 6.45) is 0.566. The molecule has 1 N–H and O–H groups in total. The lowest BCUT2D eigenvalue weighted by Gasteiger charge is -2.07. The summed E-state index contributed by atoms with van der Waals surface area (Å²) in [6.45, 7) is 1.70. The van der Waals surface area contributed by atoms with Crippen LogP contribution in [0.4, 0.5) is 4.48 Å². The molecule has 2 nitrogen and oxygen atoms in total. The summed E-state index contributed by atoms with van der Waals surface area (Å²) < 4.78 is 11.7. The van der Waals surface area contributed by atoms with Crippen LogP contribution in [0.2, 0.25) is 0 Å². The van der Waals surface area contributed by atoms with Crippen LogP contribution in [0.1, 0.15) is 12.5 Å².